The highest BCUT2D eigenvalue weighted by molar-refractivity contribution is 7.91. The molecule has 0 saturated carbocycles. The summed E-state index contributed by atoms with van der Waals surface area (Å²) in [6.45, 7) is 4.52. The Labute approximate surface area is 208 Å². The summed E-state index contributed by atoms with van der Waals surface area (Å²) in [7, 11) is -4.20. The molecular formula is C22H19ClF3N5O4S. The maximum atomic E-state index is 13.8. The number of alkyl halides is 3. The topological polar surface area (TPSA) is 137 Å². The molecule has 0 saturated heterocycles. The number of sulfonamides is 1. The molecule has 0 aliphatic carbocycles. The van der Waals surface area contributed by atoms with Gasteiger partial charge in [0.2, 0.25) is 15.9 Å². The second-order valence-corrected chi connectivity index (χ2v) is 9.79. The van der Waals surface area contributed by atoms with Gasteiger partial charge in [0, 0.05) is 10.7 Å². The van der Waals surface area contributed by atoms with Gasteiger partial charge in [-0.3, -0.25) is 18.9 Å². The first-order chi connectivity index (χ1) is 16.7. The lowest BCUT2D eigenvalue weighted by molar-refractivity contribution is -0.142. The fraction of sp³-hybridized carbons (Fsp3) is 0.182. The average Bonchev–Trinajstić information content (AvgIpc) is 2.78. The van der Waals surface area contributed by atoms with E-state index in [-0.39, 0.29) is 27.9 Å². The third kappa shape index (κ3) is 6.10. The lowest BCUT2D eigenvalue weighted by Gasteiger charge is -2.19. The Kier molecular flexibility index (Phi) is 7.55. The van der Waals surface area contributed by atoms with Crippen molar-refractivity contribution in [1.29, 1.82) is 0 Å². The van der Waals surface area contributed by atoms with Crippen molar-refractivity contribution in [3.8, 4) is 5.82 Å². The van der Waals surface area contributed by atoms with Crippen LogP contribution >= 0.6 is 11.6 Å². The SMILES string of the molecule is C=NC(=O)Cc1cc(N)c(-n2c(C(F)(F)F)ccc(NS(=O)(=O)Cc3ccc(Cl)cc3)c2=O)nc1C. The molecule has 0 fully saturated rings. The number of pyridine rings is 2. The highest BCUT2D eigenvalue weighted by Gasteiger charge is 2.36. The molecule has 36 heavy (non-hydrogen) atoms. The fourth-order valence-electron chi connectivity index (χ4n) is 3.28. The van der Waals surface area contributed by atoms with Crippen molar-refractivity contribution in [2.75, 3.05) is 10.5 Å². The van der Waals surface area contributed by atoms with Gasteiger partial charge in [-0.1, -0.05) is 23.7 Å². The van der Waals surface area contributed by atoms with Gasteiger partial charge in [0.25, 0.3) is 5.56 Å². The number of rotatable bonds is 7. The molecule has 14 heteroatoms. The van der Waals surface area contributed by atoms with Crippen LogP contribution in [0.5, 0.6) is 0 Å². The first-order valence-corrected chi connectivity index (χ1v) is 12.1. The summed E-state index contributed by atoms with van der Waals surface area (Å²) in [5, 5.41) is 0.381. The highest BCUT2D eigenvalue weighted by Crippen LogP contribution is 2.32. The molecular weight excluding hydrogens is 523 g/mol. The molecule has 0 spiro atoms. The zero-order valence-corrected chi connectivity index (χ0v) is 20.2. The van der Waals surface area contributed by atoms with Gasteiger partial charge in [0.1, 0.15) is 11.4 Å². The first kappa shape index (κ1) is 26.9. The zero-order valence-electron chi connectivity index (χ0n) is 18.6. The normalized spacial score (nSPS) is 11.8. The lowest BCUT2D eigenvalue weighted by atomic mass is 10.1. The fourth-order valence-corrected chi connectivity index (χ4v) is 4.60. The number of carbonyl (C=O) groups is 1. The third-order valence-corrected chi connectivity index (χ3v) is 6.46. The van der Waals surface area contributed by atoms with Crippen LogP contribution in [0.1, 0.15) is 22.5 Å². The highest BCUT2D eigenvalue weighted by atomic mass is 35.5. The number of aliphatic imine (C=N–C) groups is 1. The summed E-state index contributed by atoms with van der Waals surface area (Å²) in [5.74, 6) is -1.76. The van der Waals surface area contributed by atoms with Crippen LogP contribution < -0.4 is 16.0 Å². The van der Waals surface area contributed by atoms with Crippen molar-refractivity contribution in [1.82, 2.24) is 9.55 Å². The summed E-state index contributed by atoms with van der Waals surface area (Å²) in [5.41, 5.74) is 2.87. The number of amides is 1. The molecule has 0 radical (unpaired) electrons. The minimum atomic E-state index is -5.01. The molecule has 0 aliphatic rings. The van der Waals surface area contributed by atoms with E-state index in [0.717, 1.165) is 0 Å². The molecule has 3 N–H and O–H groups in total. The second-order valence-electron chi connectivity index (χ2n) is 7.63. The third-order valence-electron chi connectivity index (χ3n) is 4.96. The van der Waals surface area contributed by atoms with Crippen LogP contribution in [0.25, 0.3) is 5.82 Å². The minimum absolute atomic E-state index is 0.116. The van der Waals surface area contributed by atoms with Crippen molar-refractivity contribution in [2.45, 2.75) is 25.3 Å². The molecule has 0 bridgehead atoms. The number of carbonyl (C=O) groups excluding carboxylic acids is 1. The van der Waals surface area contributed by atoms with Gasteiger partial charge in [-0.05, 0) is 55.1 Å². The van der Waals surface area contributed by atoms with E-state index in [0.29, 0.717) is 22.7 Å². The van der Waals surface area contributed by atoms with Crippen LogP contribution in [0.3, 0.4) is 0 Å². The summed E-state index contributed by atoms with van der Waals surface area (Å²) in [4.78, 5) is 32.0. The van der Waals surface area contributed by atoms with E-state index in [9.17, 15) is 31.2 Å². The number of nitrogens with one attached hydrogen (secondary N) is 1. The number of hydrogen-bond donors (Lipinski definition) is 2. The van der Waals surface area contributed by atoms with E-state index in [1.165, 1.54) is 37.3 Å². The van der Waals surface area contributed by atoms with E-state index in [2.05, 4.69) is 16.7 Å². The summed E-state index contributed by atoms with van der Waals surface area (Å²) in [6.07, 6.45) is -5.26. The molecule has 3 aromatic rings. The summed E-state index contributed by atoms with van der Waals surface area (Å²) < 4.78 is 68.8. The summed E-state index contributed by atoms with van der Waals surface area (Å²) >= 11 is 5.79. The van der Waals surface area contributed by atoms with Crippen LogP contribution in [-0.2, 0) is 33.2 Å². The molecule has 0 unspecified atom stereocenters. The number of aryl methyl sites for hydroxylation is 1. The van der Waals surface area contributed by atoms with Gasteiger partial charge in [0.15, 0.2) is 5.82 Å². The zero-order chi connectivity index (χ0) is 26.8. The van der Waals surface area contributed by atoms with Gasteiger partial charge < -0.3 is 5.73 Å². The monoisotopic (exact) mass is 541 g/mol. The largest absolute Gasteiger partial charge is 0.431 e. The minimum Gasteiger partial charge on any atom is -0.396 e. The number of nitrogen functional groups attached to an aromatic ring is 1. The number of hydrogen-bond acceptors (Lipinski definition) is 6. The Morgan fingerprint density at radius 3 is 2.44 bits per heavy atom. The second kappa shape index (κ2) is 10.1. The maximum Gasteiger partial charge on any atom is 0.431 e. The van der Waals surface area contributed by atoms with Crippen molar-refractivity contribution in [3.05, 3.63) is 80.4 Å². The molecule has 9 nitrogen and oxygen atoms in total. The van der Waals surface area contributed by atoms with Crippen molar-refractivity contribution in [2.24, 2.45) is 4.99 Å². The van der Waals surface area contributed by atoms with E-state index in [4.69, 9.17) is 17.3 Å². The molecule has 2 heterocycles. The molecule has 0 aliphatic heterocycles. The van der Waals surface area contributed by atoms with Crippen LogP contribution in [0, 0.1) is 6.92 Å². The Morgan fingerprint density at radius 1 is 1.22 bits per heavy atom. The molecule has 2 aromatic heterocycles. The predicted octanol–water partition coefficient (Wildman–Crippen LogP) is 3.51. The van der Waals surface area contributed by atoms with Crippen LogP contribution in [0.15, 0.2) is 52.3 Å². The van der Waals surface area contributed by atoms with E-state index in [1.54, 1.807) is 0 Å². The number of nitrogens with zero attached hydrogens (tertiary/aromatic N) is 3. The number of aromatic nitrogens is 2. The van der Waals surface area contributed by atoms with E-state index >= 15 is 0 Å². The van der Waals surface area contributed by atoms with Crippen molar-refractivity contribution in [3.63, 3.8) is 0 Å². The average molecular weight is 542 g/mol. The van der Waals surface area contributed by atoms with Gasteiger partial charge in [0.05, 0.1) is 17.9 Å². The molecule has 190 valence electrons. The van der Waals surface area contributed by atoms with E-state index in [1.807, 2.05) is 4.72 Å². The Morgan fingerprint density at radius 2 is 1.86 bits per heavy atom. The standard InChI is InChI=1S/C22H19ClF3N5O4S/c1-12-14(10-19(32)28-2)9-16(27)20(29-12)31-18(22(24,25)26)8-7-17(21(31)33)30-36(34,35)11-13-3-5-15(23)6-4-13/h3-9,30H,2,10-11,27H2,1H3. The lowest BCUT2D eigenvalue weighted by Crippen LogP contribution is -2.31. The molecule has 3 rings (SSSR count). The number of nitrogens with two attached hydrogens (primary N) is 1. The van der Waals surface area contributed by atoms with Crippen molar-refractivity contribution < 1.29 is 26.4 Å². The molecule has 1 amide bonds. The van der Waals surface area contributed by atoms with Crippen LogP contribution in [0.2, 0.25) is 5.02 Å². The van der Waals surface area contributed by atoms with Gasteiger partial charge >= 0.3 is 6.18 Å². The quantitative estimate of drug-likeness (QED) is 0.439. The number of anilines is 2. The smallest absolute Gasteiger partial charge is 0.396 e. The maximum absolute atomic E-state index is 13.8. The first-order valence-electron chi connectivity index (χ1n) is 10.1. The number of halogens is 4. The van der Waals surface area contributed by atoms with Gasteiger partial charge in [-0.2, -0.15) is 13.2 Å². The number of benzene rings is 1. The van der Waals surface area contributed by atoms with Crippen LogP contribution in [0.4, 0.5) is 24.5 Å². The Hall–Kier alpha value is -3.71. The predicted molar refractivity (Wildman–Crippen MR) is 130 cm³/mol. The molecule has 0 atom stereocenters. The van der Waals surface area contributed by atoms with E-state index < -0.39 is 50.6 Å². The van der Waals surface area contributed by atoms with Crippen molar-refractivity contribution >= 4 is 45.6 Å². The van der Waals surface area contributed by atoms with Gasteiger partial charge in [-0.15, -0.1) is 0 Å². The van der Waals surface area contributed by atoms with Crippen LogP contribution in [-0.4, -0.2) is 30.6 Å². The Balaban J connectivity index is 2.11. The summed E-state index contributed by atoms with van der Waals surface area (Å²) in [6, 6.07) is 8.30. The van der Waals surface area contributed by atoms with Gasteiger partial charge in [-0.25, -0.2) is 18.4 Å². The molecule has 1 aromatic carbocycles. The Bertz CT molecular complexity index is 1500.